The summed E-state index contributed by atoms with van der Waals surface area (Å²) in [5, 5.41) is 0. The van der Waals surface area contributed by atoms with Crippen LogP contribution in [0.1, 0.15) is 16.1 Å². The number of cyclic esters (lactones) is 1. The van der Waals surface area contributed by atoms with Crippen LogP contribution in [0.15, 0.2) is 36.5 Å². The molecule has 0 radical (unpaired) electrons. The van der Waals surface area contributed by atoms with Gasteiger partial charge in [0.2, 0.25) is 0 Å². The zero-order valence-electron chi connectivity index (χ0n) is 8.81. The molecule has 3 rings (SSSR count). The number of rotatable bonds is 1. The zero-order valence-corrected chi connectivity index (χ0v) is 8.81. The lowest BCUT2D eigenvalue weighted by molar-refractivity contribution is 0.0533. The summed E-state index contributed by atoms with van der Waals surface area (Å²) in [6.45, 7) is 0.234. The zero-order chi connectivity index (χ0) is 11.8. The van der Waals surface area contributed by atoms with Gasteiger partial charge in [0, 0.05) is 11.8 Å². The molecule has 2 heterocycles. The molecule has 17 heavy (non-hydrogen) atoms. The Morgan fingerprint density at radius 2 is 1.94 bits per heavy atom. The van der Waals surface area contributed by atoms with Crippen molar-refractivity contribution in [2.24, 2.45) is 0 Å². The second-order valence-corrected chi connectivity index (χ2v) is 3.80. The van der Waals surface area contributed by atoms with E-state index >= 15 is 0 Å². The number of nitrogens with zero attached hydrogens (tertiary/aromatic N) is 1. The summed E-state index contributed by atoms with van der Waals surface area (Å²) in [6.07, 6.45) is 1.66. The monoisotopic (exact) mass is 229 g/mol. The summed E-state index contributed by atoms with van der Waals surface area (Å²) in [5.74, 6) is -0.640. The number of carbonyl (C=O) groups excluding carboxylic acids is 1. The van der Waals surface area contributed by atoms with Crippen LogP contribution in [0.2, 0.25) is 0 Å². The molecule has 0 saturated heterocycles. The Morgan fingerprint density at radius 3 is 2.71 bits per heavy atom. The third-order valence-corrected chi connectivity index (χ3v) is 2.71. The molecule has 0 aliphatic carbocycles. The molecule has 0 atom stereocenters. The summed E-state index contributed by atoms with van der Waals surface area (Å²) in [4.78, 5) is 15.5. The summed E-state index contributed by atoms with van der Waals surface area (Å²) < 4.78 is 17.7. The molecule has 1 aromatic heterocycles. The van der Waals surface area contributed by atoms with E-state index in [-0.39, 0.29) is 18.4 Å². The lowest BCUT2D eigenvalue weighted by Gasteiger charge is -2.02. The van der Waals surface area contributed by atoms with Gasteiger partial charge in [-0.3, -0.25) is 4.98 Å². The van der Waals surface area contributed by atoms with Gasteiger partial charge in [0.05, 0.1) is 11.3 Å². The molecule has 84 valence electrons. The van der Waals surface area contributed by atoms with E-state index in [9.17, 15) is 9.18 Å². The van der Waals surface area contributed by atoms with E-state index in [0.29, 0.717) is 11.3 Å². The molecule has 0 spiro atoms. The fourth-order valence-corrected chi connectivity index (χ4v) is 1.80. The standard InChI is InChI=1S/C13H8FNO2/c14-10-3-1-8(2-4-10)9-5-11-12(15-6-9)7-17-13(11)16/h1-6H,7H2. The number of pyridine rings is 1. The van der Waals surface area contributed by atoms with E-state index in [1.54, 1.807) is 24.4 Å². The predicted molar refractivity (Wildman–Crippen MR) is 58.8 cm³/mol. The first kappa shape index (κ1) is 9.96. The molecular weight excluding hydrogens is 221 g/mol. The van der Waals surface area contributed by atoms with Crippen molar-refractivity contribution in [2.75, 3.05) is 0 Å². The van der Waals surface area contributed by atoms with Crippen LogP contribution < -0.4 is 0 Å². The van der Waals surface area contributed by atoms with E-state index in [4.69, 9.17) is 4.74 Å². The van der Waals surface area contributed by atoms with Crippen LogP contribution >= 0.6 is 0 Å². The Morgan fingerprint density at radius 1 is 1.18 bits per heavy atom. The largest absolute Gasteiger partial charge is 0.456 e. The molecular formula is C13H8FNO2. The van der Waals surface area contributed by atoms with E-state index in [0.717, 1.165) is 11.1 Å². The minimum atomic E-state index is -0.350. The Kier molecular flexibility index (Phi) is 2.14. The van der Waals surface area contributed by atoms with Crippen LogP contribution in [0.3, 0.4) is 0 Å². The van der Waals surface area contributed by atoms with Crippen LogP contribution in [0.5, 0.6) is 0 Å². The molecule has 0 unspecified atom stereocenters. The minimum absolute atomic E-state index is 0.234. The number of ether oxygens (including phenoxy) is 1. The van der Waals surface area contributed by atoms with Gasteiger partial charge in [-0.25, -0.2) is 9.18 Å². The highest BCUT2D eigenvalue weighted by Gasteiger charge is 2.22. The third kappa shape index (κ3) is 1.67. The molecule has 1 aliphatic rings. The third-order valence-electron chi connectivity index (χ3n) is 2.71. The highest BCUT2D eigenvalue weighted by atomic mass is 19.1. The first-order valence-electron chi connectivity index (χ1n) is 5.16. The highest BCUT2D eigenvalue weighted by molar-refractivity contribution is 5.94. The Hall–Kier alpha value is -2.23. The highest BCUT2D eigenvalue weighted by Crippen LogP contribution is 2.25. The number of hydrogen-bond acceptors (Lipinski definition) is 3. The smallest absolute Gasteiger partial charge is 0.340 e. The molecule has 0 fully saturated rings. The van der Waals surface area contributed by atoms with Gasteiger partial charge >= 0.3 is 5.97 Å². The second kappa shape index (κ2) is 3.66. The Bertz CT molecular complexity index is 593. The van der Waals surface area contributed by atoms with Crippen molar-refractivity contribution in [3.8, 4) is 11.1 Å². The van der Waals surface area contributed by atoms with E-state index in [2.05, 4.69) is 4.98 Å². The lowest BCUT2D eigenvalue weighted by Crippen LogP contribution is -1.95. The van der Waals surface area contributed by atoms with Gasteiger partial charge in [-0.05, 0) is 23.8 Å². The maximum absolute atomic E-state index is 12.8. The van der Waals surface area contributed by atoms with Gasteiger partial charge in [-0.2, -0.15) is 0 Å². The van der Waals surface area contributed by atoms with Crippen LogP contribution in [0.4, 0.5) is 4.39 Å². The number of halogens is 1. The van der Waals surface area contributed by atoms with Crippen molar-refractivity contribution in [3.05, 3.63) is 53.6 Å². The fourth-order valence-electron chi connectivity index (χ4n) is 1.80. The van der Waals surface area contributed by atoms with Crippen molar-refractivity contribution in [1.82, 2.24) is 4.98 Å². The average Bonchev–Trinajstić information content (AvgIpc) is 2.72. The van der Waals surface area contributed by atoms with Crippen molar-refractivity contribution < 1.29 is 13.9 Å². The first-order chi connectivity index (χ1) is 8.24. The van der Waals surface area contributed by atoms with Gasteiger partial charge < -0.3 is 4.74 Å². The summed E-state index contributed by atoms with van der Waals surface area (Å²) in [7, 11) is 0. The van der Waals surface area contributed by atoms with Gasteiger partial charge in [0.25, 0.3) is 0 Å². The van der Waals surface area contributed by atoms with Crippen molar-refractivity contribution in [3.63, 3.8) is 0 Å². The molecule has 3 nitrogen and oxygen atoms in total. The molecule has 0 saturated carbocycles. The second-order valence-electron chi connectivity index (χ2n) is 3.80. The van der Waals surface area contributed by atoms with Gasteiger partial charge in [0.1, 0.15) is 12.4 Å². The fraction of sp³-hybridized carbons (Fsp3) is 0.0769. The molecule has 1 aromatic carbocycles. The number of carbonyl (C=O) groups is 1. The number of fused-ring (bicyclic) bond motifs is 1. The number of hydrogen-bond donors (Lipinski definition) is 0. The predicted octanol–water partition coefficient (Wildman–Crippen LogP) is 2.56. The van der Waals surface area contributed by atoms with Crippen molar-refractivity contribution in [2.45, 2.75) is 6.61 Å². The summed E-state index contributed by atoms with van der Waals surface area (Å²) in [6, 6.07) is 7.78. The topological polar surface area (TPSA) is 39.2 Å². The molecule has 0 N–H and O–H groups in total. The normalized spacial score (nSPS) is 13.4. The lowest BCUT2D eigenvalue weighted by atomic mass is 10.1. The average molecular weight is 229 g/mol. The van der Waals surface area contributed by atoms with E-state index < -0.39 is 0 Å². The molecule has 2 aromatic rings. The Balaban J connectivity index is 2.08. The van der Waals surface area contributed by atoms with Crippen molar-refractivity contribution >= 4 is 5.97 Å². The first-order valence-corrected chi connectivity index (χ1v) is 5.16. The van der Waals surface area contributed by atoms with Crippen LogP contribution in [0, 0.1) is 5.82 Å². The van der Waals surface area contributed by atoms with Crippen LogP contribution in [-0.2, 0) is 11.3 Å². The van der Waals surface area contributed by atoms with Gasteiger partial charge in [-0.1, -0.05) is 12.1 Å². The summed E-state index contributed by atoms with van der Waals surface area (Å²) >= 11 is 0. The quantitative estimate of drug-likeness (QED) is 0.705. The maximum Gasteiger partial charge on any atom is 0.340 e. The number of benzene rings is 1. The van der Waals surface area contributed by atoms with Crippen LogP contribution in [-0.4, -0.2) is 11.0 Å². The molecule has 4 heteroatoms. The van der Waals surface area contributed by atoms with Crippen LogP contribution in [0.25, 0.3) is 11.1 Å². The number of esters is 1. The van der Waals surface area contributed by atoms with E-state index in [1.165, 1.54) is 12.1 Å². The van der Waals surface area contributed by atoms with E-state index in [1.807, 2.05) is 0 Å². The summed E-state index contributed by atoms with van der Waals surface area (Å²) in [5.41, 5.74) is 2.75. The van der Waals surface area contributed by atoms with Gasteiger partial charge in [-0.15, -0.1) is 0 Å². The Labute approximate surface area is 96.9 Å². The maximum atomic E-state index is 12.8. The minimum Gasteiger partial charge on any atom is -0.456 e. The van der Waals surface area contributed by atoms with Crippen molar-refractivity contribution in [1.29, 1.82) is 0 Å². The molecule has 1 aliphatic heterocycles. The molecule has 0 amide bonds. The number of aromatic nitrogens is 1. The van der Waals surface area contributed by atoms with Gasteiger partial charge in [0.15, 0.2) is 0 Å². The molecule has 0 bridgehead atoms. The SMILES string of the molecule is O=C1OCc2ncc(-c3ccc(F)cc3)cc21.